The molecule has 5 rings (SSSR count). The molecule has 40 heavy (non-hydrogen) atoms. The molecule has 10 heteroatoms. The summed E-state index contributed by atoms with van der Waals surface area (Å²) >= 11 is 6.34. The summed E-state index contributed by atoms with van der Waals surface area (Å²) in [7, 11) is 1.91. The third-order valence-corrected chi connectivity index (χ3v) is 8.62. The number of nitrogens with two attached hydrogens (primary N) is 1. The number of likely N-dealkylation sites (tertiary alicyclic amines) is 1. The fraction of sp³-hybridized carbons (Fsp3) is 0.433. The lowest BCUT2D eigenvalue weighted by molar-refractivity contribution is -0.123. The molecule has 5 N–H and O–H groups in total. The maximum absolute atomic E-state index is 14.5. The number of amides is 4. The molecule has 1 aromatic heterocycles. The zero-order valence-corrected chi connectivity index (χ0v) is 23.7. The van der Waals surface area contributed by atoms with Crippen LogP contribution in [0.25, 0.3) is 10.9 Å². The molecule has 0 bridgehead atoms. The number of nitrogens with one attached hydrogen (secondary N) is 3. The van der Waals surface area contributed by atoms with E-state index in [2.05, 4.69) is 15.6 Å². The first-order valence-corrected chi connectivity index (χ1v) is 14.3. The molecule has 9 nitrogen and oxygen atoms in total. The molecule has 2 unspecified atom stereocenters. The van der Waals surface area contributed by atoms with Crippen LogP contribution in [0.15, 0.2) is 48.7 Å². The number of para-hydroxylation sites is 1. The van der Waals surface area contributed by atoms with E-state index in [0.29, 0.717) is 37.5 Å². The van der Waals surface area contributed by atoms with E-state index in [0.717, 1.165) is 40.7 Å². The van der Waals surface area contributed by atoms with Gasteiger partial charge in [0.15, 0.2) is 0 Å². The highest BCUT2D eigenvalue weighted by Gasteiger charge is 2.38. The van der Waals surface area contributed by atoms with Crippen LogP contribution in [0.3, 0.4) is 0 Å². The van der Waals surface area contributed by atoms with E-state index in [-0.39, 0.29) is 35.6 Å². The smallest absolute Gasteiger partial charge is 0.318 e. The van der Waals surface area contributed by atoms with Crippen LogP contribution < -0.4 is 21.3 Å². The monoisotopic (exact) mass is 564 g/mol. The Balaban J connectivity index is 1.47. The van der Waals surface area contributed by atoms with Crippen LogP contribution >= 0.6 is 11.6 Å². The lowest BCUT2D eigenvalue weighted by Crippen LogP contribution is -2.57. The summed E-state index contributed by atoms with van der Waals surface area (Å²) in [6.45, 7) is 4.09. The van der Waals surface area contributed by atoms with Gasteiger partial charge in [-0.25, -0.2) is 4.79 Å². The van der Waals surface area contributed by atoms with Crippen molar-refractivity contribution in [3.05, 3.63) is 64.8 Å². The molecule has 3 heterocycles. The topological polar surface area (TPSA) is 124 Å². The lowest BCUT2D eigenvalue weighted by Gasteiger charge is -2.39. The Labute approximate surface area is 239 Å². The number of aromatic nitrogens is 1. The van der Waals surface area contributed by atoms with Gasteiger partial charge >= 0.3 is 6.03 Å². The van der Waals surface area contributed by atoms with Crippen molar-refractivity contribution in [3.63, 3.8) is 0 Å². The summed E-state index contributed by atoms with van der Waals surface area (Å²) in [6, 6.07) is 12.5. The number of piperidine rings is 1. The molecular weight excluding hydrogens is 528 g/mol. The van der Waals surface area contributed by atoms with Crippen LogP contribution in [0, 0.1) is 11.8 Å². The highest BCUT2D eigenvalue weighted by Crippen LogP contribution is 2.35. The van der Waals surface area contributed by atoms with E-state index in [1.165, 1.54) is 0 Å². The highest BCUT2D eigenvalue weighted by atomic mass is 35.5. The van der Waals surface area contributed by atoms with Crippen molar-refractivity contribution in [2.45, 2.75) is 38.1 Å². The van der Waals surface area contributed by atoms with E-state index < -0.39 is 6.04 Å². The Hall–Kier alpha value is -3.56. The minimum atomic E-state index is -0.822. The first kappa shape index (κ1) is 28.0. The average molecular weight is 565 g/mol. The molecule has 0 radical (unpaired) electrons. The second kappa shape index (κ2) is 11.9. The lowest BCUT2D eigenvalue weighted by atomic mass is 9.88. The van der Waals surface area contributed by atoms with Crippen LogP contribution in [0.5, 0.6) is 0 Å². The number of benzene rings is 2. The number of halogens is 1. The number of fused-ring (bicyclic) bond motifs is 2. The van der Waals surface area contributed by atoms with Crippen molar-refractivity contribution in [2.24, 2.45) is 17.6 Å². The fourth-order valence-corrected chi connectivity index (χ4v) is 6.35. The van der Waals surface area contributed by atoms with E-state index in [4.69, 9.17) is 17.3 Å². The Morgan fingerprint density at radius 3 is 2.62 bits per heavy atom. The summed E-state index contributed by atoms with van der Waals surface area (Å²) in [5, 5.41) is 7.98. The SMILES string of the molecule is CNC[C@H]1Cc2cc(Cl)ccc2N(C(=O)C(NC(=O)N2CCC(C(N)=O)CC2)C(C)c2c[nH]c3ccccc23)C1. The van der Waals surface area contributed by atoms with E-state index >= 15 is 0 Å². The Kier molecular flexibility index (Phi) is 8.32. The maximum atomic E-state index is 14.5. The van der Waals surface area contributed by atoms with Crippen LogP contribution in [-0.2, 0) is 16.0 Å². The van der Waals surface area contributed by atoms with Crippen molar-refractivity contribution in [3.8, 4) is 0 Å². The van der Waals surface area contributed by atoms with Gasteiger partial charge in [-0.3, -0.25) is 9.59 Å². The normalized spacial score (nSPS) is 19.2. The Bertz CT molecular complexity index is 1400. The first-order valence-electron chi connectivity index (χ1n) is 13.9. The molecule has 2 aromatic carbocycles. The van der Waals surface area contributed by atoms with Gasteiger partial charge in [-0.1, -0.05) is 36.7 Å². The number of urea groups is 1. The second-order valence-corrected chi connectivity index (χ2v) is 11.5. The zero-order valence-electron chi connectivity index (χ0n) is 23.0. The minimum Gasteiger partial charge on any atom is -0.369 e. The molecule has 4 amide bonds. The number of aromatic amines is 1. The van der Waals surface area contributed by atoms with Crippen LogP contribution in [-0.4, -0.2) is 67.0 Å². The third-order valence-electron chi connectivity index (χ3n) is 8.38. The van der Waals surface area contributed by atoms with Gasteiger partial charge in [-0.2, -0.15) is 0 Å². The van der Waals surface area contributed by atoms with Gasteiger partial charge in [-0.15, -0.1) is 0 Å². The van der Waals surface area contributed by atoms with E-state index in [1.807, 2.05) is 61.5 Å². The van der Waals surface area contributed by atoms with Gasteiger partial charge in [-0.05, 0) is 74.2 Å². The first-order chi connectivity index (χ1) is 19.3. The van der Waals surface area contributed by atoms with Crippen molar-refractivity contribution >= 4 is 46.0 Å². The number of hydrogen-bond donors (Lipinski definition) is 4. The van der Waals surface area contributed by atoms with Crippen LogP contribution in [0.1, 0.15) is 36.8 Å². The van der Waals surface area contributed by atoms with Gasteiger partial charge in [0.1, 0.15) is 6.04 Å². The number of hydrogen-bond acceptors (Lipinski definition) is 4. The van der Waals surface area contributed by atoms with E-state index in [1.54, 1.807) is 11.0 Å². The molecule has 3 aromatic rings. The van der Waals surface area contributed by atoms with Crippen molar-refractivity contribution < 1.29 is 14.4 Å². The van der Waals surface area contributed by atoms with E-state index in [9.17, 15) is 14.4 Å². The van der Waals surface area contributed by atoms with Gasteiger partial charge in [0, 0.05) is 59.3 Å². The largest absolute Gasteiger partial charge is 0.369 e. The summed E-state index contributed by atoms with van der Waals surface area (Å²) in [5.41, 5.74) is 9.27. The standard InChI is InChI=1S/C30H37ClN6O3/c1-18(24-16-34-25-6-4-3-5-23(24)25)27(35-30(40)36-11-9-20(10-12-36)28(32)38)29(39)37-17-19(15-33-2)13-21-14-22(31)7-8-26(21)37/h3-8,14,16,18-20,27,33-34H,9-13,15,17H2,1-2H3,(H2,32,38)(H,35,40)/t18?,19-,27?/m1/s1. The fourth-order valence-electron chi connectivity index (χ4n) is 6.16. The quantitative estimate of drug-likeness (QED) is 0.350. The molecule has 212 valence electrons. The van der Waals surface area contributed by atoms with Crippen molar-refractivity contribution in [2.75, 3.05) is 38.1 Å². The van der Waals surface area contributed by atoms with Crippen molar-refractivity contribution in [1.82, 2.24) is 20.5 Å². The number of anilines is 1. The number of carbonyl (C=O) groups excluding carboxylic acids is 3. The molecule has 0 saturated carbocycles. The molecule has 2 aliphatic heterocycles. The molecular formula is C30H37ClN6O3. The number of rotatable bonds is 7. The van der Waals surface area contributed by atoms with Gasteiger partial charge < -0.3 is 31.2 Å². The Morgan fingerprint density at radius 1 is 1.15 bits per heavy atom. The molecule has 3 atom stereocenters. The van der Waals surface area contributed by atoms with Gasteiger partial charge in [0.05, 0.1) is 0 Å². The van der Waals surface area contributed by atoms with Crippen LogP contribution in [0.2, 0.25) is 5.02 Å². The molecule has 2 aliphatic rings. The number of H-pyrrole nitrogens is 1. The maximum Gasteiger partial charge on any atom is 0.318 e. The predicted octanol–water partition coefficient (Wildman–Crippen LogP) is 3.63. The minimum absolute atomic E-state index is 0.164. The second-order valence-electron chi connectivity index (χ2n) is 11.0. The Morgan fingerprint density at radius 2 is 1.90 bits per heavy atom. The summed E-state index contributed by atoms with van der Waals surface area (Å²) in [4.78, 5) is 46.5. The van der Waals surface area contributed by atoms with Gasteiger partial charge in [0.25, 0.3) is 0 Å². The molecule has 0 aliphatic carbocycles. The third kappa shape index (κ3) is 5.67. The number of nitrogens with zero attached hydrogens (tertiary/aromatic N) is 2. The number of carbonyl (C=O) groups is 3. The molecule has 0 spiro atoms. The van der Waals surface area contributed by atoms with Crippen molar-refractivity contribution in [1.29, 1.82) is 0 Å². The summed E-state index contributed by atoms with van der Waals surface area (Å²) in [5.74, 6) is -0.848. The predicted molar refractivity (Wildman–Crippen MR) is 157 cm³/mol. The summed E-state index contributed by atoms with van der Waals surface area (Å²) < 4.78 is 0. The van der Waals surface area contributed by atoms with Crippen LogP contribution in [0.4, 0.5) is 10.5 Å². The number of primary amides is 1. The summed E-state index contributed by atoms with van der Waals surface area (Å²) in [6.07, 6.45) is 3.77. The zero-order chi connectivity index (χ0) is 28.4. The highest BCUT2D eigenvalue weighted by molar-refractivity contribution is 6.30. The average Bonchev–Trinajstić information content (AvgIpc) is 3.39. The molecule has 1 fully saturated rings. The van der Waals surface area contributed by atoms with Gasteiger partial charge in [0.2, 0.25) is 11.8 Å². The molecule has 1 saturated heterocycles.